The van der Waals surface area contributed by atoms with Gasteiger partial charge in [-0.2, -0.15) is 43.2 Å². The van der Waals surface area contributed by atoms with Crippen LogP contribution < -0.4 is 10.6 Å². The van der Waals surface area contributed by atoms with E-state index in [2.05, 4.69) is 15.7 Å². The quantitative estimate of drug-likeness (QED) is 0.399. The molecule has 37 heavy (non-hydrogen) atoms. The maximum absolute atomic E-state index is 13.2. The molecule has 2 N–H and O–H groups in total. The van der Waals surface area contributed by atoms with Crippen molar-refractivity contribution in [2.24, 2.45) is 0 Å². The summed E-state index contributed by atoms with van der Waals surface area (Å²) in [6.07, 6.45) is -9.60. The van der Waals surface area contributed by atoms with Crippen LogP contribution in [0.4, 0.5) is 32.2 Å². The third kappa shape index (κ3) is 6.45. The minimum atomic E-state index is -5.09. The van der Waals surface area contributed by atoms with Gasteiger partial charge in [0.2, 0.25) is 5.91 Å². The molecule has 0 atom stereocenters. The van der Waals surface area contributed by atoms with Crippen LogP contribution in [0.25, 0.3) is 0 Å². The number of benzene rings is 2. The van der Waals surface area contributed by atoms with Crippen molar-refractivity contribution in [1.29, 1.82) is 0 Å². The number of halogens is 6. The standard InChI is InChI=1S/C24H20F6N4O2S/c25-23(26,27)16-8-15(9-17(10-16)24(28,29)30)22(36)32-21-18-12-37-13-19(18)33-34(21)11-20(35)31-7-6-14-4-2-1-3-5-14/h1-5,8-10H,6-7,11-13H2,(H,31,35)(H,32,36). The molecule has 1 aromatic heterocycles. The normalized spacial score (nSPS) is 13.4. The maximum atomic E-state index is 13.2. The van der Waals surface area contributed by atoms with Gasteiger partial charge in [-0.25, -0.2) is 4.68 Å². The van der Waals surface area contributed by atoms with E-state index < -0.39 is 40.9 Å². The van der Waals surface area contributed by atoms with Gasteiger partial charge >= 0.3 is 12.4 Å². The summed E-state index contributed by atoms with van der Waals surface area (Å²) in [5.74, 6) is -0.630. The largest absolute Gasteiger partial charge is 0.416 e. The minimum absolute atomic E-state index is 0.0465. The maximum Gasteiger partial charge on any atom is 0.416 e. The first-order chi connectivity index (χ1) is 17.4. The van der Waals surface area contributed by atoms with Crippen LogP contribution in [0.3, 0.4) is 0 Å². The molecule has 0 aliphatic carbocycles. The Balaban J connectivity index is 1.53. The Morgan fingerprint density at radius 3 is 2.22 bits per heavy atom. The summed E-state index contributed by atoms with van der Waals surface area (Å²) in [4.78, 5) is 25.4. The van der Waals surface area contributed by atoms with Crippen molar-refractivity contribution in [3.63, 3.8) is 0 Å². The van der Waals surface area contributed by atoms with Crippen LogP contribution in [0.2, 0.25) is 0 Å². The highest BCUT2D eigenvalue weighted by Crippen LogP contribution is 2.37. The van der Waals surface area contributed by atoms with E-state index in [0.717, 1.165) is 5.56 Å². The van der Waals surface area contributed by atoms with Crippen molar-refractivity contribution in [1.82, 2.24) is 15.1 Å². The van der Waals surface area contributed by atoms with Gasteiger partial charge in [0.15, 0.2) is 0 Å². The third-order valence-corrected chi connectivity index (χ3v) is 6.54. The van der Waals surface area contributed by atoms with Crippen LogP contribution in [-0.4, -0.2) is 28.1 Å². The van der Waals surface area contributed by atoms with E-state index in [4.69, 9.17) is 0 Å². The SMILES string of the molecule is O=C(Cn1nc2c(c1NC(=O)c1cc(C(F)(F)F)cc(C(F)(F)F)c1)CSC2)NCCc1ccccc1. The van der Waals surface area contributed by atoms with Crippen LogP contribution in [0.1, 0.15) is 38.3 Å². The Morgan fingerprint density at radius 2 is 1.59 bits per heavy atom. The fraction of sp³-hybridized carbons (Fsp3) is 0.292. The van der Waals surface area contributed by atoms with E-state index in [0.29, 0.717) is 47.9 Å². The summed E-state index contributed by atoms with van der Waals surface area (Å²) >= 11 is 1.47. The number of fused-ring (bicyclic) bond motifs is 1. The summed E-state index contributed by atoms with van der Waals surface area (Å²) in [5.41, 5.74) is -1.85. The number of aromatic nitrogens is 2. The first-order valence-electron chi connectivity index (χ1n) is 11.0. The highest BCUT2D eigenvalue weighted by molar-refractivity contribution is 7.98. The van der Waals surface area contributed by atoms with E-state index in [9.17, 15) is 35.9 Å². The molecule has 4 rings (SSSR count). The molecule has 2 heterocycles. The van der Waals surface area contributed by atoms with Gasteiger partial charge in [-0.15, -0.1) is 0 Å². The second-order valence-electron chi connectivity index (χ2n) is 8.26. The first-order valence-corrected chi connectivity index (χ1v) is 12.1. The molecule has 13 heteroatoms. The predicted octanol–water partition coefficient (Wildman–Crippen LogP) is 5.28. The Morgan fingerprint density at radius 1 is 0.946 bits per heavy atom. The lowest BCUT2D eigenvalue weighted by molar-refractivity contribution is -0.143. The Bertz CT molecular complexity index is 1270. The van der Waals surface area contributed by atoms with Gasteiger partial charge in [0.1, 0.15) is 12.4 Å². The molecule has 0 saturated heterocycles. The smallest absolute Gasteiger partial charge is 0.354 e. The number of alkyl halides is 6. The van der Waals surface area contributed by atoms with Crippen molar-refractivity contribution < 1.29 is 35.9 Å². The molecule has 0 bridgehead atoms. The number of hydrogen-bond donors (Lipinski definition) is 2. The van der Waals surface area contributed by atoms with Crippen LogP contribution in [-0.2, 0) is 41.6 Å². The minimum Gasteiger partial charge on any atom is -0.354 e. The first kappa shape index (κ1) is 26.6. The second kappa shape index (κ2) is 10.5. The molecule has 3 aromatic rings. The van der Waals surface area contributed by atoms with E-state index >= 15 is 0 Å². The number of anilines is 1. The van der Waals surface area contributed by atoms with Gasteiger partial charge in [-0.1, -0.05) is 30.3 Å². The molecule has 1 aliphatic heterocycles. The Labute approximate surface area is 211 Å². The van der Waals surface area contributed by atoms with Gasteiger partial charge in [0.25, 0.3) is 5.91 Å². The van der Waals surface area contributed by atoms with Gasteiger partial charge in [-0.05, 0) is 30.2 Å². The molecule has 196 valence electrons. The number of carbonyl (C=O) groups excluding carboxylic acids is 2. The summed E-state index contributed by atoms with van der Waals surface area (Å²) in [7, 11) is 0. The highest BCUT2D eigenvalue weighted by Gasteiger charge is 2.37. The molecule has 0 radical (unpaired) electrons. The molecule has 2 aromatic carbocycles. The molecule has 0 spiro atoms. The van der Waals surface area contributed by atoms with E-state index in [1.165, 1.54) is 16.4 Å². The van der Waals surface area contributed by atoms with Crippen molar-refractivity contribution in [2.45, 2.75) is 36.8 Å². The van der Waals surface area contributed by atoms with Crippen molar-refractivity contribution in [3.8, 4) is 0 Å². The second-order valence-corrected chi connectivity index (χ2v) is 9.24. The zero-order valence-electron chi connectivity index (χ0n) is 19.0. The average molecular weight is 543 g/mol. The van der Waals surface area contributed by atoms with Gasteiger partial charge < -0.3 is 10.6 Å². The lowest BCUT2D eigenvalue weighted by atomic mass is 10.0. The van der Waals surface area contributed by atoms with Crippen LogP contribution >= 0.6 is 11.8 Å². The highest BCUT2D eigenvalue weighted by atomic mass is 32.2. The number of nitrogens with zero attached hydrogens (tertiary/aromatic N) is 2. The molecule has 0 fully saturated rings. The van der Waals surface area contributed by atoms with E-state index in [-0.39, 0.29) is 18.4 Å². The fourth-order valence-electron chi connectivity index (χ4n) is 3.77. The molecular weight excluding hydrogens is 522 g/mol. The molecular formula is C24H20F6N4O2S. The summed E-state index contributed by atoms with van der Waals surface area (Å²) in [6, 6.07) is 10.1. The van der Waals surface area contributed by atoms with E-state index in [1.54, 1.807) is 0 Å². The number of amides is 2. The summed E-state index contributed by atoms with van der Waals surface area (Å²) in [5, 5.41) is 9.44. The zero-order chi connectivity index (χ0) is 26.8. The van der Waals surface area contributed by atoms with Crippen LogP contribution in [0, 0.1) is 0 Å². The summed E-state index contributed by atoms with van der Waals surface area (Å²) < 4.78 is 80.5. The monoisotopic (exact) mass is 542 g/mol. The van der Waals surface area contributed by atoms with E-state index in [1.807, 2.05) is 30.3 Å². The number of hydrogen-bond acceptors (Lipinski definition) is 4. The van der Waals surface area contributed by atoms with Gasteiger partial charge in [0, 0.05) is 29.2 Å². The molecule has 2 amide bonds. The molecule has 1 aliphatic rings. The zero-order valence-corrected chi connectivity index (χ0v) is 19.9. The predicted molar refractivity (Wildman–Crippen MR) is 125 cm³/mol. The number of nitrogens with one attached hydrogen (secondary N) is 2. The summed E-state index contributed by atoms with van der Waals surface area (Å²) in [6.45, 7) is 0.0459. The van der Waals surface area contributed by atoms with Gasteiger partial charge in [0.05, 0.1) is 16.8 Å². The lowest BCUT2D eigenvalue weighted by Gasteiger charge is -2.15. The fourth-order valence-corrected chi connectivity index (χ4v) is 4.80. The number of thioether (sulfide) groups is 1. The van der Waals surface area contributed by atoms with Crippen LogP contribution in [0.15, 0.2) is 48.5 Å². The van der Waals surface area contributed by atoms with Crippen LogP contribution in [0.5, 0.6) is 0 Å². The lowest BCUT2D eigenvalue weighted by Crippen LogP contribution is -2.30. The van der Waals surface area contributed by atoms with Crippen molar-refractivity contribution in [2.75, 3.05) is 11.9 Å². The average Bonchev–Trinajstić information content (AvgIpc) is 3.40. The topological polar surface area (TPSA) is 76.0 Å². The van der Waals surface area contributed by atoms with Crippen molar-refractivity contribution >= 4 is 29.4 Å². The Kier molecular flexibility index (Phi) is 7.53. The number of carbonyl (C=O) groups is 2. The molecule has 0 saturated carbocycles. The van der Waals surface area contributed by atoms with Crippen molar-refractivity contribution in [3.05, 3.63) is 82.0 Å². The Hall–Kier alpha value is -3.48. The molecule has 6 nitrogen and oxygen atoms in total. The van der Waals surface area contributed by atoms with Gasteiger partial charge in [-0.3, -0.25) is 9.59 Å². The molecule has 0 unspecified atom stereocenters. The third-order valence-electron chi connectivity index (χ3n) is 5.57. The number of rotatable bonds is 7.